The largest absolute Gasteiger partial charge is 0.456 e. The van der Waals surface area contributed by atoms with E-state index in [-0.39, 0.29) is 30.4 Å². The number of ether oxygens (including phenoxy) is 1. The van der Waals surface area contributed by atoms with Crippen molar-refractivity contribution in [3.05, 3.63) is 65.5 Å². The van der Waals surface area contributed by atoms with Crippen LogP contribution in [0, 0.1) is 0 Å². The molecule has 0 atom stereocenters. The van der Waals surface area contributed by atoms with Crippen LogP contribution in [-0.2, 0) is 26.2 Å². The van der Waals surface area contributed by atoms with Gasteiger partial charge in [-0.15, -0.1) is 10.2 Å². The number of rotatable bonds is 8. The van der Waals surface area contributed by atoms with Gasteiger partial charge in [0.1, 0.15) is 0 Å². The molecule has 2 aromatic carbocycles. The lowest BCUT2D eigenvalue weighted by Gasteiger charge is -2.06. The average Bonchev–Trinajstić information content (AvgIpc) is 3.16. The summed E-state index contributed by atoms with van der Waals surface area (Å²) in [5, 5.41) is 8.13. The smallest absolute Gasteiger partial charge is 0.307 e. The maximum Gasteiger partial charge on any atom is 0.307 e. The van der Waals surface area contributed by atoms with Gasteiger partial charge in [0.25, 0.3) is 5.89 Å². The average molecular weight is 422 g/mol. The van der Waals surface area contributed by atoms with Crippen molar-refractivity contribution in [2.45, 2.75) is 17.9 Å². The molecule has 0 saturated carbocycles. The maximum atomic E-state index is 12.1. The number of aromatic nitrogens is 2. The molecule has 10 heteroatoms. The fourth-order valence-corrected chi connectivity index (χ4v) is 3.37. The highest BCUT2D eigenvalue weighted by molar-refractivity contribution is 7.89. The van der Waals surface area contributed by atoms with E-state index in [9.17, 15) is 13.2 Å². The van der Waals surface area contributed by atoms with Gasteiger partial charge >= 0.3 is 5.97 Å². The van der Waals surface area contributed by atoms with Gasteiger partial charge in [-0.25, -0.2) is 13.1 Å². The van der Waals surface area contributed by atoms with Gasteiger partial charge < -0.3 is 9.15 Å². The summed E-state index contributed by atoms with van der Waals surface area (Å²) < 4.78 is 37.0. The lowest BCUT2D eigenvalue weighted by atomic mass is 10.2. The van der Waals surface area contributed by atoms with E-state index in [0.29, 0.717) is 10.9 Å². The van der Waals surface area contributed by atoms with Crippen LogP contribution in [0.5, 0.6) is 0 Å². The third kappa shape index (κ3) is 5.38. The van der Waals surface area contributed by atoms with E-state index in [0.717, 1.165) is 5.56 Å². The minimum Gasteiger partial charge on any atom is -0.456 e. The molecule has 3 rings (SSSR count). The molecule has 146 valence electrons. The molecule has 0 aliphatic rings. The van der Waals surface area contributed by atoms with Gasteiger partial charge in [0.05, 0.1) is 11.3 Å². The zero-order chi connectivity index (χ0) is 20.0. The summed E-state index contributed by atoms with van der Waals surface area (Å²) in [6, 6.07) is 14.9. The lowest BCUT2D eigenvalue weighted by molar-refractivity contribution is -0.145. The number of hydrogen-bond donors (Lipinski definition) is 1. The van der Waals surface area contributed by atoms with Crippen molar-refractivity contribution in [3.8, 4) is 11.5 Å². The lowest BCUT2D eigenvalue weighted by Crippen LogP contribution is -2.26. The van der Waals surface area contributed by atoms with Crippen molar-refractivity contribution < 1.29 is 22.4 Å². The van der Waals surface area contributed by atoms with Gasteiger partial charge in [-0.1, -0.05) is 29.8 Å². The Morgan fingerprint density at radius 1 is 1.07 bits per heavy atom. The van der Waals surface area contributed by atoms with Crippen LogP contribution in [0.4, 0.5) is 0 Å². The number of hydrogen-bond acceptors (Lipinski definition) is 7. The molecule has 0 spiro atoms. The van der Waals surface area contributed by atoms with Crippen molar-refractivity contribution in [1.29, 1.82) is 0 Å². The molecular weight excluding hydrogens is 406 g/mol. The van der Waals surface area contributed by atoms with Crippen molar-refractivity contribution in [2.75, 3.05) is 6.54 Å². The normalized spacial score (nSPS) is 11.3. The van der Waals surface area contributed by atoms with Crippen LogP contribution in [0.3, 0.4) is 0 Å². The second-order valence-corrected chi connectivity index (χ2v) is 7.83. The Hall–Kier alpha value is -2.75. The summed E-state index contributed by atoms with van der Waals surface area (Å²) in [5.74, 6) is -0.130. The van der Waals surface area contributed by atoms with Crippen molar-refractivity contribution in [1.82, 2.24) is 14.9 Å². The van der Waals surface area contributed by atoms with Gasteiger partial charge in [-0.2, -0.15) is 0 Å². The predicted octanol–water partition coefficient (Wildman–Crippen LogP) is 2.80. The minimum absolute atomic E-state index is 0.0598. The first-order valence-corrected chi connectivity index (χ1v) is 10.1. The van der Waals surface area contributed by atoms with Crippen LogP contribution < -0.4 is 4.72 Å². The molecule has 0 bridgehead atoms. The molecule has 0 amide bonds. The standard InChI is InChI=1S/C18H16ClN3O5S/c19-14-6-8-15(9-7-14)28(24,25)20-11-10-17(23)26-12-16-21-22-18(27-16)13-4-2-1-3-5-13/h1-9,20H,10-12H2. The number of sulfonamides is 1. The summed E-state index contributed by atoms with van der Waals surface area (Å²) in [6.07, 6.45) is -0.146. The van der Waals surface area contributed by atoms with Gasteiger partial charge in [0, 0.05) is 17.1 Å². The van der Waals surface area contributed by atoms with E-state index in [1.165, 1.54) is 24.3 Å². The number of nitrogens with zero attached hydrogens (tertiary/aromatic N) is 2. The van der Waals surface area contributed by atoms with Crippen molar-refractivity contribution in [3.63, 3.8) is 0 Å². The monoisotopic (exact) mass is 421 g/mol. The highest BCUT2D eigenvalue weighted by Gasteiger charge is 2.15. The summed E-state index contributed by atoms with van der Waals surface area (Å²) in [7, 11) is -3.72. The van der Waals surface area contributed by atoms with E-state index in [1.807, 2.05) is 30.3 Å². The first kappa shape index (κ1) is 20.0. The molecule has 0 fully saturated rings. The molecule has 3 aromatic rings. The van der Waals surface area contributed by atoms with Crippen molar-refractivity contribution in [2.24, 2.45) is 0 Å². The van der Waals surface area contributed by atoms with E-state index in [2.05, 4.69) is 14.9 Å². The molecule has 28 heavy (non-hydrogen) atoms. The van der Waals surface area contributed by atoms with E-state index >= 15 is 0 Å². The summed E-state index contributed by atoms with van der Waals surface area (Å²) in [6.45, 7) is -0.300. The second-order valence-electron chi connectivity index (χ2n) is 5.63. The SMILES string of the molecule is O=C(CCNS(=O)(=O)c1ccc(Cl)cc1)OCc1nnc(-c2ccccc2)o1. The Morgan fingerprint density at radius 2 is 1.79 bits per heavy atom. The maximum absolute atomic E-state index is 12.1. The van der Waals surface area contributed by atoms with Crippen LogP contribution in [0.25, 0.3) is 11.5 Å². The van der Waals surface area contributed by atoms with Gasteiger partial charge in [0.15, 0.2) is 6.61 Å². The second kappa shape index (κ2) is 8.96. The third-order valence-corrected chi connectivity index (χ3v) is 5.32. The molecule has 0 aliphatic carbocycles. The molecule has 1 N–H and O–H groups in total. The molecule has 0 unspecified atom stereocenters. The Kier molecular flexibility index (Phi) is 6.40. The van der Waals surface area contributed by atoms with E-state index < -0.39 is 16.0 Å². The number of halogens is 1. The Balaban J connectivity index is 1.45. The molecule has 0 aliphatic heterocycles. The molecule has 8 nitrogen and oxygen atoms in total. The zero-order valence-electron chi connectivity index (χ0n) is 14.5. The van der Waals surface area contributed by atoms with Crippen LogP contribution in [-0.4, -0.2) is 31.1 Å². The van der Waals surface area contributed by atoms with Gasteiger partial charge in [-0.05, 0) is 36.4 Å². The van der Waals surface area contributed by atoms with Gasteiger partial charge in [0.2, 0.25) is 15.9 Å². The van der Waals surface area contributed by atoms with Crippen LogP contribution in [0.1, 0.15) is 12.3 Å². The Morgan fingerprint density at radius 3 is 2.50 bits per heavy atom. The highest BCUT2D eigenvalue weighted by atomic mass is 35.5. The topological polar surface area (TPSA) is 111 Å². The quantitative estimate of drug-likeness (QED) is 0.556. The number of carbonyl (C=O) groups is 1. The molecule has 1 aromatic heterocycles. The molecule has 0 radical (unpaired) electrons. The number of benzene rings is 2. The zero-order valence-corrected chi connectivity index (χ0v) is 16.1. The molecule has 1 heterocycles. The summed E-state index contributed by atoms with van der Waals surface area (Å²) in [5.41, 5.74) is 0.754. The fraction of sp³-hybridized carbons (Fsp3) is 0.167. The van der Waals surface area contributed by atoms with Gasteiger partial charge in [-0.3, -0.25) is 4.79 Å². The first-order chi connectivity index (χ1) is 13.4. The predicted molar refractivity (Wildman–Crippen MR) is 101 cm³/mol. The number of nitrogens with one attached hydrogen (secondary N) is 1. The summed E-state index contributed by atoms with van der Waals surface area (Å²) >= 11 is 5.74. The van der Waals surface area contributed by atoms with Crippen LogP contribution >= 0.6 is 11.6 Å². The fourth-order valence-electron chi connectivity index (χ4n) is 2.21. The highest BCUT2D eigenvalue weighted by Crippen LogP contribution is 2.17. The number of carbonyl (C=O) groups excluding carboxylic acids is 1. The molecular formula is C18H16ClN3O5S. The third-order valence-electron chi connectivity index (χ3n) is 3.59. The van der Waals surface area contributed by atoms with Crippen LogP contribution in [0.2, 0.25) is 5.02 Å². The number of esters is 1. The van der Waals surface area contributed by atoms with E-state index in [1.54, 1.807) is 0 Å². The summed E-state index contributed by atoms with van der Waals surface area (Å²) in [4.78, 5) is 11.9. The first-order valence-electron chi connectivity index (χ1n) is 8.23. The van der Waals surface area contributed by atoms with Crippen LogP contribution in [0.15, 0.2) is 63.9 Å². The minimum atomic E-state index is -3.72. The molecule has 0 saturated heterocycles. The Labute approximate surface area is 166 Å². The van der Waals surface area contributed by atoms with E-state index in [4.69, 9.17) is 20.8 Å². The van der Waals surface area contributed by atoms with Crippen molar-refractivity contribution >= 4 is 27.6 Å². The Bertz CT molecular complexity index is 1040.